The molecular weight excluding hydrogens is 228 g/mol. The van der Waals surface area contributed by atoms with E-state index in [1.54, 1.807) is 4.31 Å². The first-order valence-electron chi connectivity index (χ1n) is 5.65. The predicted molar refractivity (Wildman–Crippen MR) is 63.7 cm³/mol. The molecule has 1 aliphatic heterocycles. The molecule has 0 bridgehead atoms. The molecule has 5 nitrogen and oxygen atoms in total. The Hall–Kier alpha value is -0.170. The molecular formula is C10H22N2O3S. The quantitative estimate of drug-likeness (QED) is 0.771. The van der Waals surface area contributed by atoms with Crippen molar-refractivity contribution < 1.29 is 13.2 Å². The van der Waals surface area contributed by atoms with Crippen molar-refractivity contribution in [1.82, 2.24) is 4.31 Å². The smallest absolute Gasteiger partial charge is 0.214 e. The van der Waals surface area contributed by atoms with Gasteiger partial charge in [-0.2, -0.15) is 4.31 Å². The van der Waals surface area contributed by atoms with Gasteiger partial charge in [-0.15, -0.1) is 0 Å². The molecule has 6 heteroatoms. The first kappa shape index (κ1) is 13.9. The third-order valence-corrected chi connectivity index (χ3v) is 5.02. The summed E-state index contributed by atoms with van der Waals surface area (Å²) in [5, 5.41) is 0. The molecule has 1 saturated heterocycles. The fourth-order valence-corrected chi connectivity index (χ4v) is 3.81. The maximum atomic E-state index is 12.1. The van der Waals surface area contributed by atoms with Gasteiger partial charge in [0.2, 0.25) is 10.0 Å². The van der Waals surface area contributed by atoms with Crippen molar-refractivity contribution in [3.8, 4) is 0 Å². The highest BCUT2D eigenvalue weighted by atomic mass is 32.2. The number of hydrogen-bond donors (Lipinski definition) is 1. The molecule has 1 fully saturated rings. The topological polar surface area (TPSA) is 72.6 Å². The zero-order valence-electron chi connectivity index (χ0n) is 10.3. The van der Waals surface area contributed by atoms with Gasteiger partial charge in [0.1, 0.15) is 0 Å². The third kappa shape index (κ3) is 2.94. The predicted octanol–water partition coefficient (Wildman–Crippen LogP) is 0.164. The number of morpholine rings is 1. The Morgan fingerprint density at radius 3 is 2.62 bits per heavy atom. The van der Waals surface area contributed by atoms with E-state index in [1.165, 1.54) is 0 Å². The normalized spacial score (nSPS) is 26.9. The van der Waals surface area contributed by atoms with Crippen LogP contribution in [0.2, 0.25) is 0 Å². The van der Waals surface area contributed by atoms with E-state index in [9.17, 15) is 8.42 Å². The van der Waals surface area contributed by atoms with Gasteiger partial charge in [0.15, 0.2) is 0 Å². The minimum atomic E-state index is -3.19. The molecule has 1 heterocycles. The van der Waals surface area contributed by atoms with E-state index in [2.05, 4.69) is 0 Å². The van der Waals surface area contributed by atoms with Crippen LogP contribution >= 0.6 is 0 Å². The lowest BCUT2D eigenvalue weighted by atomic mass is 10.0. The van der Waals surface area contributed by atoms with Gasteiger partial charge in [0.25, 0.3) is 0 Å². The number of nitrogens with zero attached hydrogens (tertiary/aromatic N) is 1. The van der Waals surface area contributed by atoms with Crippen LogP contribution in [-0.2, 0) is 14.8 Å². The van der Waals surface area contributed by atoms with Gasteiger partial charge in [-0.1, -0.05) is 6.92 Å². The van der Waals surface area contributed by atoms with Gasteiger partial charge in [-0.3, -0.25) is 0 Å². The summed E-state index contributed by atoms with van der Waals surface area (Å²) in [4.78, 5) is 0. The molecule has 1 unspecified atom stereocenters. The van der Waals surface area contributed by atoms with Crippen molar-refractivity contribution in [3.63, 3.8) is 0 Å². The first-order valence-corrected chi connectivity index (χ1v) is 7.26. The standard InChI is InChI=1S/C10H22N2O3S/c1-4-5-16(13,14)12-7-9(6-11)15-8-10(12,2)3/h9H,4-8,11H2,1-3H3. The number of rotatable bonds is 4. The van der Waals surface area contributed by atoms with Crippen LogP contribution in [0.3, 0.4) is 0 Å². The van der Waals surface area contributed by atoms with Crippen molar-refractivity contribution >= 4 is 10.0 Å². The molecule has 2 N–H and O–H groups in total. The second-order valence-corrected chi connectivity index (χ2v) is 6.84. The molecule has 0 amide bonds. The summed E-state index contributed by atoms with van der Waals surface area (Å²) in [6.45, 7) is 6.75. The Morgan fingerprint density at radius 1 is 1.50 bits per heavy atom. The highest BCUT2D eigenvalue weighted by Gasteiger charge is 2.41. The van der Waals surface area contributed by atoms with E-state index in [4.69, 9.17) is 10.5 Å². The molecule has 0 aromatic carbocycles. The summed E-state index contributed by atoms with van der Waals surface area (Å²) >= 11 is 0. The van der Waals surface area contributed by atoms with E-state index >= 15 is 0 Å². The van der Waals surface area contributed by atoms with Gasteiger partial charge in [-0.25, -0.2) is 8.42 Å². The van der Waals surface area contributed by atoms with E-state index in [0.717, 1.165) is 0 Å². The maximum Gasteiger partial charge on any atom is 0.214 e. The van der Waals surface area contributed by atoms with Crippen LogP contribution in [0.5, 0.6) is 0 Å². The average molecular weight is 250 g/mol. The Labute approximate surface area is 98.0 Å². The average Bonchev–Trinajstić information content (AvgIpc) is 2.17. The van der Waals surface area contributed by atoms with Crippen molar-refractivity contribution in [3.05, 3.63) is 0 Å². The van der Waals surface area contributed by atoms with Gasteiger partial charge in [0.05, 0.1) is 24.0 Å². The molecule has 0 aromatic heterocycles. The largest absolute Gasteiger partial charge is 0.374 e. The van der Waals surface area contributed by atoms with E-state index in [0.29, 0.717) is 26.1 Å². The maximum absolute atomic E-state index is 12.1. The van der Waals surface area contributed by atoms with Crippen LogP contribution in [0, 0.1) is 0 Å². The fourth-order valence-electron chi connectivity index (χ4n) is 1.88. The third-order valence-electron chi connectivity index (χ3n) is 2.78. The van der Waals surface area contributed by atoms with Gasteiger partial charge < -0.3 is 10.5 Å². The van der Waals surface area contributed by atoms with Crippen LogP contribution < -0.4 is 5.73 Å². The Bertz CT molecular complexity index is 327. The Balaban J connectivity index is 2.89. The molecule has 16 heavy (non-hydrogen) atoms. The van der Waals surface area contributed by atoms with Crippen molar-refractivity contribution in [2.75, 3.05) is 25.4 Å². The molecule has 96 valence electrons. The summed E-state index contributed by atoms with van der Waals surface area (Å²) in [6, 6.07) is 0. The number of nitrogens with two attached hydrogens (primary N) is 1. The van der Waals surface area contributed by atoms with E-state index in [-0.39, 0.29) is 11.9 Å². The minimum absolute atomic E-state index is 0.181. The SMILES string of the molecule is CCCS(=O)(=O)N1CC(CN)OCC1(C)C. The second-order valence-electron chi connectivity index (χ2n) is 4.83. The second kappa shape index (κ2) is 5.00. The lowest BCUT2D eigenvalue weighted by Gasteiger charge is -2.43. The van der Waals surface area contributed by atoms with Crippen molar-refractivity contribution in [1.29, 1.82) is 0 Å². The van der Waals surface area contributed by atoms with E-state index < -0.39 is 15.6 Å². The molecule has 0 aliphatic carbocycles. The fraction of sp³-hybridized carbons (Fsp3) is 1.00. The number of hydrogen-bond acceptors (Lipinski definition) is 4. The van der Waals surface area contributed by atoms with Gasteiger partial charge in [-0.05, 0) is 20.3 Å². The molecule has 1 rings (SSSR count). The monoisotopic (exact) mass is 250 g/mol. The van der Waals surface area contributed by atoms with Crippen LogP contribution in [0.25, 0.3) is 0 Å². The van der Waals surface area contributed by atoms with Crippen LogP contribution in [-0.4, -0.2) is 49.8 Å². The van der Waals surface area contributed by atoms with Gasteiger partial charge in [0, 0.05) is 13.1 Å². The number of sulfonamides is 1. The van der Waals surface area contributed by atoms with Crippen molar-refractivity contribution in [2.45, 2.75) is 38.8 Å². The summed E-state index contributed by atoms with van der Waals surface area (Å²) in [5.74, 6) is 0.188. The summed E-state index contributed by atoms with van der Waals surface area (Å²) < 4.78 is 31.2. The molecule has 0 spiro atoms. The first-order chi connectivity index (χ1) is 7.33. The Kier molecular flexibility index (Phi) is 4.34. The highest BCUT2D eigenvalue weighted by molar-refractivity contribution is 7.89. The zero-order chi connectivity index (χ0) is 12.4. The highest BCUT2D eigenvalue weighted by Crippen LogP contribution is 2.25. The zero-order valence-corrected chi connectivity index (χ0v) is 11.1. The van der Waals surface area contributed by atoms with E-state index in [1.807, 2.05) is 20.8 Å². The lowest BCUT2D eigenvalue weighted by molar-refractivity contribution is -0.0590. The van der Waals surface area contributed by atoms with Crippen molar-refractivity contribution in [2.24, 2.45) is 5.73 Å². The molecule has 1 aliphatic rings. The molecule has 0 saturated carbocycles. The minimum Gasteiger partial charge on any atom is -0.374 e. The van der Waals surface area contributed by atoms with Crippen LogP contribution in [0.4, 0.5) is 0 Å². The molecule has 1 atom stereocenters. The summed E-state index contributed by atoms with van der Waals surface area (Å²) in [6.07, 6.45) is 0.447. The van der Waals surface area contributed by atoms with Crippen LogP contribution in [0.1, 0.15) is 27.2 Å². The van der Waals surface area contributed by atoms with Gasteiger partial charge >= 0.3 is 0 Å². The Morgan fingerprint density at radius 2 is 2.12 bits per heavy atom. The lowest BCUT2D eigenvalue weighted by Crippen LogP contribution is -2.59. The van der Waals surface area contributed by atoms with Crippen LogP contribution in [0.15, 0.2) is 0 Å². The number of ether oxygens (including phenoxy) is 1. The molecule has 0 radical (unpaired) electrons. The summed E-state index contributed by atoms with van der Waals surface area (Å²) in [5.41, 5.74) is 5.05. The molecule has 0 aromatic rings. The summed E-state index contributed by atoms with van der Waals surface area (Å²) in [7, 11) is -3.19.